The lowest BCUT2D eigenvalue weighted by Gasteiger charge is -2.39. The number of rotatable bonds is 7. The predicted octanol–water partition coefficient (Wildman–Crippen LogP) is 2.60. The van der Waals surface area contributed by atoms with Crippen LogP contribution in [-0.2, 0) is 0 Å². The molecule has 0 saturated heterocycles. The summed E-state index contributed by atoms with van der Waals surface area (Å²) in [5, 5.41) is 21.6. The molecule has 2 N–H and O–H groups in total. The molecule has 0 spiro atoms. The minimum atomic E-state index is -0.118. The van der Waals surface area contributed by atoms with E-state index < -0.39 is 0 Å². The van der Waals surface area contributed by atoms with Crippen LogP contribution in [-0.4, -0.2) is 23.8 Å². The first-order valence-corrected chi connectivity index (χ1v) is 6.96. The van der Waals surface area contributed by atoms with Gasteiger partial charge in [0.1, 0.15) is 0 Å². The van der Waals surface area contributed by atoms with Crippen LogP contribution in [0.4, 0.5) is 0 Å². The maximum absolute atomic E-state index is 9.63. The van der Waals surface area contributed by atoms with Gasteiger partial charge < -0.3 is 10.4 Å². The first kappa shape index (κ1) is 14.5. The number of nitriles is 1. The lowest BCUT2D eigenvalue weighted by Crippen LogP contribution is -2.52. The van der Waals surface area contributed by atoms with Crippen molar-refractivity contribution < 1.29 is 5.11 Å². The lowest BCUT2D eigenvalue weighted by molar-refractivity contribution is 0.0951. The van der Waals surface area contributed by atoms with Crippen LogP contribution in [0.25, 0.3) is 0 Å². The van der Waals surface area contributed by atoms with E-state index in [1.807, 2.05) is 0 Å². The van der Waals surface area contributed by atoms with Gasteiger partial charge in [-0.05, 0) is 45.1 Å². The highest BCUT2D eigenvalue weighted by molar-refractivity contribution is 4.91. The van der Waals surface area contributed by atoms with E-state index in [1.165, 1.54) is 32.1 Å². The highest BCUT2D eigenvalue weighted by Gasteiger charge is 2.33. The van der Waals surface area contributed by atoms with Gasteiger partial charge in [0, 0.05) is 12.0 Å². The van der Waals surface area contributed by atoms with Crippen LogP contribution < -0.4 is 5.32 Å². The third kappa shape index (κ3) is 4.65. The summed E-state index contributed by atoms with van der Waals surface area (Å²) in [4.78, 5) is 0. The zero-order chi connectivity index (χ0) is 12.6. The van der Waals surface area contributed by atoms with Crippen LogP contribution in [0, 0.1) is 17.2 Å². The van der Waals surface area contributed by atoms with E-state index in [2.05, 4.69) is 18.3 Å². The Kier molecular flexibility index (Phi) is 6.54. The van der Waals surface area contributed by atoms with E-state index in [4.69, 9.17) is 5.26 Å². The van der Waals surface area contributed by atoms with Crippen molar-refractivity contribution in [2.75, 3.05) is 13.2 Å². The van der Waals surface area contributed by atoms with Crippen molar-refractivity contribution in [3.63, 3.8) is 0 Å². The van der Waals surface area contributed by atoms with Crippen LogP contribution in [0.3, 0.4) is 0 Å². The van der Waals surface area contributed by atoms with E-state index in [1.54, 1.807) is 0 Å². The topological polar surface area (TPSA) is 56.0 Å². The van der Waals surface area contributed by atoms with Crippen molar-refractivity contribution in [3.05, 3.63) is 0 Å². The van der Waals surface area contributed by atoms with Crippen LogP contribution in [0.5, 0.6) is 0 Å². The largest absolute Gasteiger partial charge is 0.394 e. The summed E-state index contributed by atoms with van der Waals surface area (Å²) in [7, 11) is 0. The molecule has 0 aromatic heterocycles. The Labute approximate surface area is 105 Å². The fourth-order valence-corrected chi connectivity index (χ4v) is 2.77. The quantitative estimate of drug-likeness (QED) is 0.670. The average Bonchev–Trinajstić information content (AvgIpc) is 2.39. The van der Waals surface area contributed by atoms with E-state index in [-0.39, 0.29) is 12.1 Å². The van der Waals surface area contributed by atoms with Gasteiger partial charge in [-0.1, -0.05) is 19.3 Å². The van der Waals surface area contributed by atoms with E-state index in [9.17, 15) is 5.11 Å². The summed E-state index contributed by atoms with van der Waals surface area (Å²) in [5.41, 5.74) is -0.118. The van der Waals surface area contributed by atoms with Gasteiger partial charge in [0.2, 0.25) is 0 Å². The summed E-state index contributed by atoms with van der Waals surface area (Å²) in [6.45, 7) is 3.28. The van der Waals surface area contributed by atoms with Crippen LogP contribution in [0.2, 0.25) is 0 Å². The molecule has 0 radical (unpaired) electrons. The van der Waals surface area contributed by atoms with Gasteiger partial charge in [-0.15, -0.1) is 0 Å². The van der Waals surface area contributed by atoms with Crippen molar-refractivity contribution in [3.8, 4) is 6.07 Å². The second kappa shape index (κ2) is 7.68. The summed E-state index contributed by atoms with van der Waals surface area (Å²) >= 11 is 0. The van der Waals surface area contributed by atoms with Gasteiger partial charge in [-0.3, -0.25) is 0 Å². The number of hydrogen-bond acceptors (Lipinski definition) is 3. The molecule has 0 aromatic rings. The van der Waals surface area contributed by atoms with E-state index >= 15 is 0 Å². The fraction of sp³-hybridized carbons (Fsp3) is 0.929. The molecule has 1 aliphatic carbocycles. The number of aliphatic hydroxyl groups is 1. The van der Waals surface area contributed by atoms with Crippen molar-refractivity contribution in [2.45, 2.75) is 63.8 Å². The van der Waals surface area contributed by atoms with Crippen molar-refractivity contribution in [1.29, 1.82) is 5.26 Å². The van der Waals surface area contributed by atoms with E-state index in [0.29, 0.717) is 12.3 Å². The average molecular weight is 238 g/mol. The Bertz CT molecular complexity index is 243. The second-order valence-corrected chi connectivity index (χ2v) is 5.45. The van der Waals surface area contributed by atoms with Crippen molar-refractivity contribution in [1.82, 2.24) is 5.32 Å². The van der Waals surface area contributed by atoms with Gasteiger partial charge in [-0.25, -0.2) is 0 Å². The molecular weight excluding hydrogens is 212 g/mol. The number of unbranched alkanes of at least 4 members (excludes halogenated alkanes) is 2. The Balaban J connectivity index is 2.31. The normalized spacial score (nSPS) is 20.8. The molecule has 1 fully saturated rings. The van der Waals surface area contributed by atoms with Gasteiger partial charge in [-0.2, -0.15) is 5.26 Å². The third-order valence-corrected chi connectivity index (χ3v) is 4.08. The molecule has 3 nitrogen and oxygen atoms in total. The van der Waals surface area contributed by atoms with Crippen LogP contribution in [0.15, 0.2) is 0 Å². The minimum absolute atomic E-state index is 0.118. The molecule has 98 valence electrons. The molecule has 1 saturated carbocycles. The summed E-state index contributed by atoms with van der Waals surface area (Å²) < 4.78 is 0. The molecule has 17 heavy (non-hydrogen) atoms. The summed E-state index contributed by atoms with van der Waals surface area (Å²) in [6, 6.07) is 2.17. The van der Waals surface area contributed by atoms with Crippen molar-refractivity contribution >= 4 is 0 Å². The van der Waals surface area contributed by atoms with Crippen LogP contribution in [0.1, 0.15) is 58.3 Å². The molecule has 1 aliphatic rings. The SMILES string of the molecule is C[C@](CO)(NCCCCC#N)C1CCCCC1. The summed E-state index contributed by atoms with van der Waals surface area (Å²) in [6.07, 6.45) is 9.05. The van der Waals surface area contributed by atoms with E-state index in [0.717, 1.165) is 19.4 Å². The Morgan fingerprint density at radius 1 is 1.29 bits per heavy atom. The maximum Gasteiger partial charge on any atom is 0.0621 e. The zero-order valence-corrected chi connectivity index (χ0v) is 11.0. The first-order chi connectivity index (χ1) is 8.23. The predicted molar refractivity (Wildman–Crippen MR) is 69.5 cm³/mol. The minimum Gasteiger partial charge on any atom is -0.394 e. The van der Waals surface area contributed by atoms with Gasteiger partial charge >= 0.3 is 0 Å². The number of nitrogens with zero attached hydrogens (tertiary/aromatic N) is 1. The fourth-order valence-electron chi connectivity index (χ4n) is 2.77. The van der Waals surface area contributed by atoms with Gasteiger partial charge in [0.05, 0.1) is 12.7 Å². The smallest absolute Gasteiger partial charge is 0.0621 e. The Morgan fingerprint density at radius 3 is 2.59 bits per heavy atom. The lowest BCUT2D eigenvalue weighted by atomic mass is 9.76. The van der Waals surface area contributed by atoms with Gasteiger partial charge in [0.25, 0.3) is 0 Å². The molecule has 0 unspecified atom stereocenters. The number of nitrogens with one attached hydrogen (secondary N) is 1. The zero-order valence-electron chi connectivity index (χ0n) is 11.0. The first-order valence-electron chi connectivity index (χ1n) is 6.96. The van der Waals surface area contributed by atoms with Gasteiger partial charge in [0.15, 0.2) is 0 Å². The molecule has 0 bridgehead atoms. The molecule has 1 rings (SSSR count). The van der Waals surface area contributed by atoms with Crippen molar-refractivity contribution in [2.24, 2.45) is 5.92 Å². The molecular formula is C14H26N2O. The molecule has 0 amide bonds. The second-order valence-electron chi connectivity index (χ2n) is 5.45. The molecule has 1 atom stereocenters. The Morgan fingerprint density at radius 2 is 2.00 bits per heavy atom. The third-order valence-electron chi connectivity index (χ3n) is 4.08. The monoisotopic (exact) mass is 238 g/mol. The molecule has 0 heterocycles. The number of hydrogen-bond donors (Lipinski definition) is 2. The molecule has 0 aromatic carbocycles. The highest BCUT2D eigenvalue weighted by Crippen LogP contribution is 2.32. The number of aliphatic hydroxyl groups excluding tert-OH is 1. The molecule has 0 aliphatic heterocycles. The standard InChI is InChI=1S/C14H26N2O/c1-14(12-17,13-8-4-2-5-9-13)16-11-7-3-6-10-15/h13,16-17H,2-9,11-12H2,1H3/t14-/m1/s1. The maximum atomic E-state index is 9.63. The highest BCUT2D eigenvalue weighted by atomic mass is 16.3. The summed E-state index contributed by atoms with van der Waals surface area (Å²) in [5.74, 6) is 0.609. The van der Waals surface area contributed by atoms with Crippen LogP contribution >= 0.6 is 0 Å². The Hall–Kier alpha value is -0.590. The molecule has 3 heteroatoms.